The summed E-state index contributed by atoms with van der Waals surface area (Å²) >= 11 is 17.7. The zero-order chi connectivity index (χ0) is 18.5. The van der Waals surface area contributed by atoms with Crippen LogP contribution in [-0.2, 0) is 5.38 Å². The lowest BCUT2D eigenvalue weighted by Crippen LogP contribution is -2.20. The Morgan fingerprint density at radius 3 is 2.25 bits per heavy atom. The summed E-state index contributed by atoms with van der Waals surface area (Å²) in [6, 6.07) is 5.61. The highest BCUT2D eigenvalue weighted by Gasteiger charge is 2.31. The first kappa shape index (κ1) is 20.9. The summed E-state index contributed by atoms with van der Waals surface area (Å²) in [5.41, 5.74) is -2.11. The molecule has 0 unspecified atom stereocenters. The van der Waals surface area contributed by atoms with Crippen molar-refractivity contribution < 1.29 is 18.7 Å². The molecule has 0 bridgehead atoms. The fraction of sp³-hybridized carbons (Fsp3) is 0.143. The highest BCUT2D eigenvalue weighted by Crippen LogP contribution is 2.40. The smallest absolute Gasteiger partial charge is 0.362 e. The van der Waals surface area contributed by atoms with Gasteiger partial charge < -0.3 is 10.1 Å². The molecule has 1 aromatic carbocycles. The average molecular weight is 417 g/mol. The molecule has 0 fully saturated rings. The van der Waals surface area contributed by atoms with Crippen LogP contribution in [0.4, 0.5) is 8.78 Å². The number of halogens is 5. The molecule has 0 aliphatic heterocycles. The summed E-state index contributed by atoms with van der Waals surface area (Å²) in [6.07, 6.45) is 0.266. The van der Waals surface area contributed by atoms with E-state index in [2.05, 4.69) is 0 Å². The number of benzene rings is 1. The summed E-state index contributed by atoms with van der Waals surface area (Å²) in [5.74, 6) is 0. The van der Waals surface area contributed by atoms with Crippen LogP contribution in [0.3, 0.4) is 0 Å². The van der Waals surface area contributed by atoms with Gasteiger partial charge in [0, 0.05) is 16.9 Å². The molecule has 2 N–H and O–H groups in total. The van der Waals surface area contributed by atoms with Crippen molar-refractivity contribution in [1.82, 2.24) is 4.98 Å². The molecule has 0 radical (unpaired) electrons. The number of alkyl halides is 3. The maximum absolute atomic E-state index is 13.2. The van der Waals surface area contributed by atoms with Gasteiger partial charge in [-0.2, -0.15) is 8.78 Å². The van der Waals surface area contributed by atoms with E-state index in [9.17, 15) is 18.4 Å². The Bertz CT molecular complexity index is 774. The van der Waals surface area contributed by atoms with Crippen LogP contribution < -0.4 is 5.56 Å². The van der Waals surface area contributed by atoms with Crippen molar-refractivity contribution in [3.63, 3.8) is 0 Å². The number of H-pyrrole nitrogens is 1. The third kappa shape index (κ3) is 4.94. The van der Waals surface area contributed by atoms with Crippen molar-refractivity contribution in [2.75, 3.05) is 7.11 Å². The van der Waals surface area contributed by atoms with Gasteiger partial charge >= 0.3 is 5.38 Å². The van der Waals surface area contributed by atoms with Gasteiger partial charge in [0.15, 0.2) is 6.29 Å². The molecular formula is C14H10Cl3F2NO3S. The second kappa shape index (κ2) is 8.82. The van der Waals surface area contributed by atoms with Crippen LogP contribution in [0.25, 0.3) is 0 Å². The zero-order valence-corrected chi connectivity index (χ0v) is 15.0. The molecule has 24 heavy (non-hydrogen) atoms. The van der Waals surface area contributed by atoms with E-state index in [1.54, 1.807) is 18.2 Å². The first-order valence-corrected chi connectivity index (χ1v) is 8.05. The largest absolute Gasteiger partial charge is 0.400 e. The Kier molecular flexibility index (Phi) is 7.69. The van der Waals surface area contributed by atoms with Crippen LogP contribution in [0.5, 0.6) is 0 Å². The number of aliphatic hydroxyl groups excluding tert-OH is 1. The first-order valence-electron chi connectivity index (χ1n) is 6.10. The lowest BCUT2D eigenvalue weighted by molar-refractivity contribution is 0.0891. The molecule has 2 aromatic rings. The molecular weight excluding hydrogens is 407 g/mol. The summed E-state index contributed by atoms with van der Waals surface area (Å²) in [4.78, 5) is 25.0. The van der Waals surface area contributed by atoms with Gasteiger partial charge in [-0.25, -0.2) is 0 Å². The molecule has 1 heterocycles. The monoisotopic (exact) mass is 415 g/mol. The predicted octanol–water partition coefficient (Wildman–Crippen LogP) is 4.54. The molecule has 1 aromatic heterocycles. The van der Waals surface area contributed by atoms with Gasteiger partial charge in [0.1, 0.15) is 5.69 Å². The van der Waals surface area contributed by atoms with Gasteiger partial charge in [0.05, 0.1) is 15.6 Å². The molecule has 2 rings (SSSR count). The molecule has 0 atom stereocenters. The molecule has 0 aliphatic carbocycles. The van der Waals surface area contributed by atoms with Crippen LogP contribution >= 0.6 is 46.6 Å². The second-order valence-corrected chi connectivity index (χ2v) is 6.40. The van der Waals surface area contributed by atoms with Crippen molar-refractivity contribution in [2.24, 2.45) is 0 Å². The number of carbonyl (C=O) groups excluding carboxylic acids is 1. The number of carbonyl (C=O) groups is 1. The van der Waals surface area contributed by atoms with Crippen LogP contribution in [0.2, 0.25) is 10.0 Å². The third-order valence-electron chi connectivity index (χ3n) is 2.59. The highest BCUT2D eigenvalue weighted by atomic mass is 35.5. The third-order valence-corrected chi connectivity index (χ3v) is 4.85. The second-order valence-electron chi connectivity index (χ2n) is 4.06. The Hall–Kier alpha value is -1.12. The number of aldehydes is 1. The van der Waals surface area contributed by atoms with E-state index in [1.165, 1.54) is 0 Å². The van der Waals surface area contributed by atoms with Crippen molar-refractivity contribution in [2.45, 2.75) is 15.2 Å². The molecule has 0 aliphatic rings. The number of nitrogens with one attached hydrogen (secondary N) is 1. The summed E-state index contributed by atoms with van der Waals surface area (Å²) in [6.45, 7) is 0. The van der Waals surface area contributed by atoms with Gasteiger partial charge in [-0.05, 0) is 29.8 Å². The van der Waals surface area contributed by atoms with E-state index in [4.69, 9.17) is 39.9 Å². The normalized spacial score (nSPS) is 10.8. The van der Waals surface area contributed by atoms with E-state index in [1.807, 2.05) is 4.98 Å². The fourth-order valence-electron chi connectivity index (χ4n) is 1.59. The van der Waals surface area contributed by atoms with E-state index >= 15 is 0 Å². The van der Waals surface area contributed by atoms with Crippen molar-refractivity contribution >= 4 is 52.9 Å². The van der Waals surface area contributed by atoms with E-state index in [0.29, 0.717) is 4.90 Å². The highest BCUT2D eigenvalue weighted by molar-refractivity contribution is 7.99. The summed E-state index contributed by atoms with van der Waals surface area (Å²) in [5, 5.41) is 3.74. The Balaban J connectivity index is 0.00000139. The molecule has 130 valence electrons. The van der Waals surface area contributed by atoms with Gasteiger partial charge in [0.2, 0.25) is 0 Å². The average Bonchev–Trinajstić information content (AvgIpc) is 2.52. The van der Waals surface area contributed by atoms with Crippen molar-refractivity contribution in [1.29, 1.82) is 0 Å². The summed E-state index contributed by atoms with van der Waals surface area (Å²) < 4.78 is 26.4. The number of aliphatic hydroxyl groups is 1. The Labute approximate surface area is 154 Å². The van der Waals surface area contributed by atoms with Gasteiger partial charge in [-0.3, -0.25) is 9.59 Å². The fourth-order valence-corrected chi connectivity index (χ4v) is 3.29. The van der Waals surface area contributed by atoms with Crippen LogP contribution in [0, 0.1) is 0 Å². The Morgan fingerprint density at radius 1 is 1.25 bits per heavy atom. The lowest BCUT2D eigenvalue weighted by atomic mass is 10.2. The minimum absolute atomic E-state index is 0.0240. The van der Waals surface area contributed by atoms with Gasteiger partial charge in [0.25, 0.3) is 5.56 Å². The van der Waals surface area contributed by atoms with Crippen molar-refractivity contribution in [3.05, 3.63) is 55.9 Å². The van der Waals surface area contributed by atoms with E-state index in [-0.39, 0.29) is 26.8 Å². The molecule has 0 saturated heterocycles. The first-order chi connectivity index (χ1) is 11.2. The maximum atomic E-state index is 13.2. The maximum Gasteiger partial charge on any atom is 0.362 e. The molecule has 0 saturated carbocycles. The van der Waals surface area contributed by atoms with Gasteiger partial charge in [-0.1, -0.05) is 41.0 Å². The lowest BCUT2D eigenvalue weighted by Gasteiger charge is -2.12. The minimum atomic E-state index is -3.78. The number of aromatic nitrogens is 1. The van der Waals surface area contributed by atoms with Crippen LogP contribution in [0.15, 0.2) is 38.9 Å². The van der Waals surface area contributed by atoms with Crippen LogP contribution in [0.1, 0.15) is 16.1 Å². The van der Waals surface area contributed by atoms with Crippen molar-refractivity contribution in [3.8, 4) is 0 Å². The molecule has 4 nitrogen and oxygen atoms in total. The standard InChI is InChI=1S/C13H6Cl3F2NO2S.CH4O/c14-7-2-1-3-8(15)11(7)22-9-4-10(13(16,17)18)19-12(21)6(9)5-20;1-2/h1-5H,(H,19,21);2H,1H3. The molecule has 0 amide bonds. The number of rotatable bonds is 4. The quantitative estimate of drug-likeness (QED) is 0.567. The van der Waals surface area contributed by atoms with Gasteiger partial charge in [-0.15, -0.1) is 0 Å². The number of pyridine rings is 1. The predicted molar refractivity (Wildman–Crippen MR) is 90.9 cm³/mol. The topological polar surface area (TPSA) is 70.2 Å². The zero-order valence-electron chi connectivity index (χ0n) is 11.9. The number of aromatic amines is 1. The number of hydrogen-bond donors (Lipinski definition) is 2. The van der Waals surface area contributed by atoms with Crippen LogP contribution in [-0.4, -0.2) is 23.5 Å². The Morgan fingerprint density at radius 2 is 1.79 bits per heavy atom. The minimum Gasteiger partial charge on any atom is -0.400 e. The molecule has 10 heteroatoms. The van der Waals surface area contributed by atoms with E-state index < -0.39 is 16.6 Å². The SMILES string of the molecule is CO.O=Cc1c(Sc2c(Cl)cccc2Cl)cc(C(F)(F)Cl)[nH]c1=O. The summed E-state index contributed by atoms with van der Waals surface area (Å²) in [7, 11) is 1.00. The van der Waals surface area contributed by atoms with E-state index in [0.717, 1.165) is 24.9 Å². The molecule has 0 spiro atoms. The number of hydrogen-bond acceptors (Lipinski definition) is 4.